The smallest absolute Gasteiger partial charge is 0.349 e. The van der Waals surface area contributed by atoms with Crippen molar-refractivity contribution in [3.63, 3.8) is 0 Å². The third kappa shape index (κ3) is 4.29. The van der Waals surface area contributed by atoms with Gasteiger partial charge in [0.1, 0.15) is 9.77 Å². The molecular weight excluding hydrogens is 298 g/mol. The number of nitrogens with one attached hydrogen (secondary N) is 1. The zero-order valence-corrected chi connectivity index (χ0v) is 14.1. The van der Waals surface area contributed by atoms with Crippen molar-refractivity contribution in [2.24, 2.45) is 5.41 Å². The summed E-state index contributed by atoms with van der Waals surface area (Å²) in [5.41, 5.74) is 0.593. The maximum absolute atomic E-state index is 12.3. The van der Waals surface area contributed by atoms with Crippen molar-refractivity contribution < 1.29 is 17.9 Å². The second kappa shape index (κ2) is 6.24. The second-order valence-electron chi connectivity index (χ2n) is 5.78. The summed E-state index contributed by atoms with van der Waals surface area (Å²) < 4.78 is 31.8. The molecule has 0 aromatic carbocycles. The van der Waals surface area contributed by atoms with E-state index < -0.39 is 16.0 Å². The van der Waals surface area contributed by atoms with E-state index in [1.807, 2.05) is 20.8 Å². The zero-order valence-electron chi connectivity index (χ0n) is 12.4. The highest BCUT2D eigenvalue weighted by molar-refractivity contribution is 7.89. The maximum Gasteiger partial charge on any atom is 0.349 e. The minimum absolute atomic E-state index is 0.0308. The van der Waals surface area contributed by atoms with Gasteiger partial charge in [-0.1, -0.05) is 20.8 Å². The van der Waals surface area contributed by atoms with Crippen LogP contribution in [0.15, 0.2) is 10.3 Å². The number of aryl methyl sites for hydroxylation is 1. The quantitative estimate of drug-likeness (QED) is 0.847. The summed E-state index contributed by atoms with van der Waals surface area (Å²) in [5.74, 6) is -0.626. The fraction of sp³-hybridized carbons (Fsp3) is 0.615. The van der Waals surface area contributed by atoms with Gasteiger partial charge in [0.05, 0.1) is 7.11 Å². The van der Waals surface area contributed by atoms with Crippen LogP contribution in [0.25, 0.3) is 0 Å². The first-order valence-electron chi connectivity index (χ1n) is 6.24. The number of carbonyl (C=O) groups is 1. The van der Waals surface area contributed by atoms with Crippen LogP contribution in [-0.2, 0) is 14.8 Å². The molecule has 5 nitrogen and oxygen atoms in total. The van der Waals surface area contributed by atoms with E-state index >= 15 is 0 Å². The fourth-order valence-electron chi connectivity index (χ4n) is 1.63. The predicted octanol–water partition coefficient (Wildman–Crippen LogP) is 2.56. The molecule has 0 amide bonds. The first-order chi connectivity index (χ1) is 9.08. The zero-order chi connectivity index (χ0) is 15.6. The summed E-state index contributed by atoms with van der Waals surface area (Å²) in [7, 11) is -2.46. The van der Waals surface area contributed by atoms with Gasteiger partial charge >= 0.3 is 5.97 Å². The highest BCUT2D eigenvalue weighted by atomic mass is 32.2. The van der Waals surface area contributed by atoms with Crippen LogP contribution in [0.5, 0.6) is 0 Å². The summed E-state index contributed by atoms with van der Waals surface area (Å²) in [6, 6.07) is 0. The molecule has 0 saturated heterocycles. The highest BCUT2D eigenvalue weighted by Gasteiger charge is 2.27. The van der Waals surface area contributed by atoms with Gasteiger partial charge in [0.25, 0.3) is 0 Å². The first-order valence-corrected chi connectivity index (χ1v) is 8.61. The number of rotatable bonds is 5. The number of esters is 1. The molecule has 0 aliphatic heterocycles. The molecule has 1 rings (SSSR count). The van der Waals surface area contributed by atoms with Gasteiger partial charge in [0.15, 0.2) is 0 Å². The molecule has 0 unspecified atom stereocenters. The van der Waals surface area contributed by atoms with E-state index in [2.05, 4.69) is 9.46 Å². The largest absolute Gasteiger partial charge is 0.465 e. The minimum Gasteiger partial charge on any atom is -0.465 e. The number of hydrogen-bond donors (Lipinski definition) is 1. The van der Waals surface area contributed by atoms with Crippen molar-refractivity contribution in [2.75, 3.05) is 13.7 Å². The van der Waals surface area contributed by atoms with E-state index in [1.54, 1.807) is 12.3 Å². The van der Waals surface area contributed by atoms with Gasteiger partial charge in [0, 0.05) is 6.54 Å². The van der Waals surface area contributed by atoms with Crippen LogP contribution in [0.4, 0.5) is 0 Å². The van der Waals surface area contributed by atoms with E-state index in [0.717, 1.165) is 11.3 Å². The van der Waals surface area contributed by atoms with Crippen LogP contribution < -0.4 is 4.72 Å². The van der Waals surface area contributed by atoms with Crippen LogP contribution in [-0.4, -0.2) is 28.0 Å². The Morgan fingerprint density at radius 1 is 1.40 bits per heavy atom. The summed E-state index contributed by atoms with van der Waals surface area (Å²) in [5, 5.41) is 1.64. The van der Waals surface area contributed by atoms with E-state index in [1.165, 1.54) is 7.11 Å². The fourth-order valence-corrected chi connectivity index (χ4v) is 4.37. The van der Waals surface area contributed by atoms with E-state index in [9.17, 15) is 13.2 Å². The average Bonchev–Trinajstić information content (AvgIpc) is 2.68. The lowest BCUT2D eigenvalue weighted by atomic mass is 9.93. The van der Waals surface area contributed by atoms with E-state index in [-0.39, 0.29) is 15.2 Å². The van der Waals surface area contributed by atoms with Crippen molar-refractivity contribution >= 4 is 27.3 Å². The molecule has 20 heavy (non-hydrogen) atoms. The Morgan fingerprint density at radius 2 is 2.00 bits per heavy atom. The molecule has 0 bridgehead atoms. The summed E-state index contributed by atoms with van der Waals surface area (Å²) in [6.07, 6.45) is 0.711. The number of ether oxygens (including phenoxy) is 1. The second-order valence-corrected chi connectivity index (χ2v) is 8.36. The normalized spacial score (nSPS) is 12.4. The Kier molecular flexibility index (Phi) is 5.34. The maximum atomic E-state index is 12.3. The van der Waals surface area contributed by atoms with Crippen molar-refractivity contribution in [1.82, 2.24) is 4.72 Å². The van der Waals surface area contributed by atoms with Gasteiger partial charge in [-0.3, -0.25) is 0 Å². The molecule has 0 fully saturated rings. The van der Waals surface area contributed by atoms with Crippen LogP contribution >= 0.6 is 11.3 Å². The number of carbonyl (C=O) groups excluding carboxylic acids is 1. The van der Waals surface area contributed by atoms with Crippen molar-refractivity contribution in [3.8, 4) is 0 Å². The van der Waals surface area contributed by atoms with Gasteiger partial charge < -0.3 is 4.74 Å². The van der Waals surface area contributed by atoms with Crippen LogP contribution in [0, 0.1) is 12.3 Å². The molecule has 0 aliphatic carbocycles. The van der Waals surface area contributed by atoms with Gasteiger partial charge in [-0.2, -0.15) is 0 Å². The van der Waals surface area contributed by atoms with Gasteiger partial charge in [-0.25, -0.2) is 17.9 Å². The number of sulfonamides is 1. The van der Waals surface area contributed by atoms with E-state index in [0.29, 0.717) is 18.5 Å². The predicted molar refractivity (Wildman–Crippen MR) is 79.7 cm³/mol. The molecule has 7 heteroatoms. The van der Waals surface area contributed by atoms with Crippen molar-refractivity contribution in [3.05, 3.63) is 15.8 Å². The number of thiophene rings is 1. The molecule has 0 saturated carbocycles. The Labute approximate surface area is 124 Å². The number of hydrogen-bond acceptors (Lipinski definition) is 5. The summed E-state index contributed by atoms with van der Waals surface area (Å²) in [4.78, 5) is 11.8. The van der Waals surface area contributed by atoms with Crippen molar-refractivity contribution in [2.45, 2.75) is 39.0 Å². The molecule has 0 spiro atoms. The topological polar surface area (TPSA) is 72.5 Å². The van der Waals surface area contributed by atoms with Gasteiger partial charge in [-0.05, 0) is 29.7 Å². The molecule has 0 aliphatic rings. The van der Waals surface area contributed by atoms with E-state index in [4.69, 9.17) is 0 Å². The molecule has 1 aromatic heterocycles. The van der Waals surface area contributed by atoms with Crippen molar-refractivity contribution in [1.29, 1.82) is 0 Å². The number of methoxy groups -OCH3 is 1. The van der Waals surface area contributed by atoms with Crippen LogP contribution in [0.3, 0.4) is 0 Å². The Bertz CT molecular complexity index is 582. The Morgan fingerprint density at radius 3 is 2.50 bits per heavy atom. The average molecular weight is 319 g/mol. The van der Waals surface area contributed by atoms with Crippen LogP contribution in [0.2, 0.25) is 0 Å². The minimum atomic E-state index is -3.70. The highest BCUT2D eigenvalue weighted by Crippen LogP contribution is 2.27. The molecule has 1 heterocycles. The Hall–Kier alpha value is -0.920. The first kappa shape index (κ1) is 17.1. The lowest BCUT2D eigenvalue weighted by Crippen LogP contribution is -2.28. The van der Waals surface area contributed by atoms with Gasteiger partial charge in [-0.15, -0.1) is 11.3 Å². The van der Waals surface area contributed by atoms with Crippen LogP contribution in [0.1, 0.15) is 42.4 Å². The lowest BCUT2D eigenvalue weighted by Gasteiger charge is -2.18. The third-order valence-corrected chi connectivity index (χ3v) is 5.58. The molecule has 114 valence electrons. The molecule has 1 aromatic rings. The molecule has 0 atom stereocenters. The summed E-state index contributed by atoms with van der Waals surface area (Å²) in [6.45, 7) is 8.12. The van der Waals surface area contributed by atoms with Gasteiger partial charge in [0.2, 0.25) is 10.0 Å². The monoisotopic (exact) mass is 319 g/mol. The SMILES string of the molecule is COC(=O)c1scc(C)c1S(=O)(=O)NCCC(C)(C)C. The Balaban J connectivity index is 2.98. The molecular formula is C13H21NO4S2. The lowest BCUT2D eigenvalue weighted by molar-refractivity contribution is 0.0602. The third-order valence-electron chi connectivity index (χ3n) is 2.72. The summed E-state index contributed by atoms with van der Waals surface area (Å²) >= 11 is 1.08. The molecule has 0 radical (unpaired) electrons. The standard InChI is InChI=1S/C13H21NO4S2/c1-9-8-19-10(12(15)18-5)11(9)20(16,17)14-7-6-13(2,3)4/h8,14H,6-7H2,1-5H3. The molecule has 1 N–H and O–H groups in total.